The van der Waals surface area contributed by atoms with Crippen LogP contribution in [-0.2, 0) is 4.79 Å². The van der Waals surface area contributed by atoms with Gasteiger partial charge in [0.25, 0.3) is 5.91 Å². The maximum atomic E-state index is 11.7. The molecule has 14 heavy (non-hydrogen) atoms. The largest absolute Gasteiger partial charge is 0.381 e. The molecule has 84 valence electrons. The topological polar surface area (TPSA) is 40.5 Å². The molecule has 1 atom stereocenters. The van der Waals surface area contributed by atoms with Crippen molar-refractivity contribution in [2.24, 2.45) is 0 Å². The molecule has 3 nitrogen and oxygen atoms in total. The molecule has 0 aliphatic heterocycles. The highest BCUT2D eigenvalue weighted by Crippen LogP contribution is 2.13. The molecule has 0 saturated carbocycles. The lowest BCUT2D eigenvalue weighted by molar-refractivity contribution is -0.148. The number of hydrogen-bond donors (Lipinski definition) is 1. The third kappa shape index (κ3) is 3.88. The number of carbonyl (C=O) groups excluding carboxylic acids is 1. The van der Waals surface area contributed by atoms with E-state index in [2.05, 4.69) is 6.92 Å². The Kier molecular flexibility index (Phi) is 5.52. The van der Waals surface area contributed by atoms with Gasteiger partial charge in [-0.25, -0.2) is 0 Å². The summed E-state index contributed by atoms with van der Waals surface area (Å²) in [5.41, 5.74) is -1.26. The van der Waals surface area contributed by atoms with Crippen molar-refractivity contribution < 1.29 is 9.90 Å². The molecule has 0 bridgehead atoms. The zero-order valence-electron chi connectivity index (χ0n) is 9.70. The lowest BCUT2D eigenvalue weighted by Crippen LogP contribution is -2.48. The standard InChI is InChI=1S/C10H21NO2S/c1-6-8(7-14-5)11(4)9(12)10(2,3)13/h8,13H,6-7H2,1-5H3. The summed E-state index contributed by atoms with van der Waals surface area (Å²) in [5.74, 6) is 0.702. The number of amides is 1. The van der Waals surface area contributed by atoms with E-state index in [9.17, 15) is 9.90 Å². The molecule has 0 saturated heterocycles. The molecule has 1 amide bonds. The van der Waals surface area contributed by atoms with Gasteiger partial charge < -0.3 is 10.0 Å². The number of aliphatic hydroxyl groups is 1. The molecule has 0 radical (unpaired) electrons. The number of rotatable bonds is 5. The van der Waals surface area contributed by atoms with E-state index in [-0.39, 0.29) is 11.9 Å². The smallest absolute Gasteiger partial charge is 0.253 e. The highest BCUT2D eigenvalue weighted by atomic mass is 32.2. The third-order valence-corrected chi connectivity index (χ3v) is 2.94. The number of carbonyl (C=O) groups is 1. The van der Waals surface area contributed by atoms with E-state index in [0.717, 1.165) is 12.2 Å². The summed E-state index contributed by atoms with van der Waals surface area (Å²) in [6, 6.07) is 0.212. The molecule has 0 aromatic rings. The monoisotopic (exact) mass is 219 g/mol. The lowest BCUT2D eigenvalue weighted by Gasteiger charge is -2.31. The normalized spacial score (nSPS) is 13.9. The second-order valence-electron chi connectivity index (χ2n) is 3.99. The van der Waals surface area contributed by atoms with Gasteiger partial charge in [-0.15, -0.1) is 0 Å². The second kappa shape index (κ2) is 5.61. The van der Waals surface area contributed by atoms with Crippen molar-refractivity contribution in [3.05, 3.63) is 0 Å². The van der Waals surface area contributed by atoms with Gasteiger partial charge in [-0.05, 0) is 26.5 Å². The maximum Gasteiger partial charge on any atom is 0.253 e. The van der Waals surface area contributed by atoms with Gasteiger partial charge in [0.15, 0.2) is 0 Å². The maximum absolute atomic E-state index is 11.7. The first kappa shape index (κ1) is 13.8. The highest BCUT2D eigenvalue weighted by molar-refractivity contribution is 7.98. The lowest BCUT2D eigenvalue weighted by atomic mass is 10.1. The molecule has 0 heterocycles. The fraction of sp³-hybridized carbons (Fsp3) is 0.900. The zero-order valence-corrected chi connectivity index (χ0v) is 10.5. The zero-order chi connectivity index (χ0) is 11.4. The number of likely N-dealkylation sites (N-methyl/N-ethyl adjacent to an activating group) is 1. The number of thioether (sulfide) groups is 1. The van der Waals surface area contributed by atoms with Gasteiger partial charge in [-0.1, -0.05) is 6.92 Å². The molecule has 0 aromatic carbocycles. The van der Waals surface area contributed by atoms with Gasteiger partial charge in [0.1, 0.15) is 5.60 Å². The SMILES string of the molecule is CCC(CSC)N(C)C(=O)C(C)(C)O. The van der Waals surface area contributed by atoms with Crippen molar-refractivity contribution in [3.8, 4) is 0 Å². The van der Waals surface area contributed by atoms with E-state index in [0.29, 0.717) is 0 Å². The molecular weight excluding hydrogens is 198 g/mol. The van der Waals surface area contributed by atoms with E-state index in [1.807, 2.05) is 6.26 Å². The average molecular weight is 219 g/mol. The molecule has 0 aromatic heterocycles. The molecule has 0 aliphatic rings. The van der Waals surface area contributed by atoms with Gasteiger partial charge in [0, 0.05) is 18.8 Å². The van der Waals surface area contributed by atoms with Crippen LogP contribution in [0.25, 0.3) is 0 Å². The summed E-state index contributed by atoms with van der Waals surface area (Å²) in [4.78, 5) is 13.4. The van der Waals surface area contributed by atoms with Crippen LogP contribution in [-0.4, -0.2) is 46.6 Å². The highest BCUT2D eigenvalue weighted by Gasteiger charge is 2.30. The molecular formula is C10H21NO2S. The average Bonchev–Trinajstić information content (AvgIpc) is 2.10. The molecule has 1 N–H and O–H groups in total. The predicted octanol–water partition coefficient (Wildman–Crippen LogP) is 1.36. The fourth-order valence-electron chi connectivity index (χ4n) is 1.29. The summed E-state index contributed by atoms with van der Waals surface area (Å²) in [5, 5.41) is 9.57. The molecule has 1 unspecified atom stereocenters. The minimum atomic E-state index is -1.26. The Morgan fingerprint density at radius 1 is 1.57 bits per heavy atom. The van der Waals surface area contributed by atoms with Crippen molar-refractivity contribution in [2.75, 3.05) is 19.1 Å². The van der Waals surface area contributed by atoms with E-state index in [1.165, 1.54) is 13.8 Å². The van der Waals surface area contributed by atoms with Crippen molar-refractivity contribution in [2.45, 2.75) is 38.8 Å². The Morgan fingerprint density at radius 2 is 2.07 bits per heavy atom. The molecule has 0 rings (SSSR count). The quantitative estimate of drug-likeness (QED) is 0.759. The first-order valence-electron chi connectivity index (χ1n) is 4.83. The van der Waals surface area contributed by atoms with E-state index in [4.69, 9.17) is 0 Å². The van der Waals surface area contributed by atoms with Crippen LogP contribution in [0.3, 0.4) is 0 Å². The van der Waals surface area contributed by atoms with Crippen molar-refractivity contribution in [3.63, 3.8) is 0 Å². The van der Waals surface area contributed by atoms with Crippen LogP contribution in [0.2, 0.25) is 0 Å². The van der Waals surface area contributed by atoms with E-state index >= 15 is 0 Å². The van der Waals surface area contributed by atoms with Crippen LogP contribution >= 0.6 is 11.8 Å². The minimum Gasteiger partial charge on any atom is -0.381 e. The van der Waals surface area contributed by atoms with Gasteiger partial charge in [-0.2, -0.15) is 11.8 Å². The van der Waals surface area contributed by atoms with Crippen LogP contribution in [0.1, 0.15) is 27.2 Å². The van der Waals surface area contributed by atoms with Crippen LogP contribution in [0.5, 0.6) is 0 Å². The Morgan fingerprint density at radius 3 is 2.36 bits per heavy atom. The Hall–Kier alpha value is -0.220. The fourth-order valence-corrected chi connectivity index (χ4v) is 2.14. The first-order chi connectivity index (χ1) is 6.34. The number of hydrogen-bond acceptors (Lipinski definition) is 3. The Balaban J connectivity index is 4.42. The van der Waals surface area contributed by atoms with Crippen molar-refractivity contribution in [1.82, 2.24) is 4.90 Å². The summed E-state index contributed by atoms with van der Waals surface area (Å²) in [6.07, 6.45) is 2.93. The van der Waals surface area contributed by atoms with Gasteiger partial charge >= 0.3 is 0 Å². The van der Waals surface area contributed by atoms with E-state index < -0.39 is 5.60 Å². The van der Waals surface area contributed by atoms with Crippen LogP contribution in [0.15, 0.2) is 0 Å². The number of nitrogens with zero attached hydrogens (tertiary/aromatic N) is 1. The predicted molar refractivity (Wildman–Crippen MR) is 61.5 cm³/mol. The molecule has 0 aliphatic carbocycles. The summed E-state index contributed by atoms with van der Waals surface area (Å²) in [7, 11) is 1.75. The van der Waals surface area contributed by atoms with Crippen molar-refractivity contribution >= 4 is 17.7 Å². The minimum absolute atomic E-state index is 0.210. The van der Waals surface area contributed by atoms with E-state index in [1.54, 1.807) is 23.7 Å². The molecule has 0 spiro atoms. The Labute approximate surface area is 90.9 Å². The van der Waals surface area contributed by atoms with Gasteiger partial charge in [0.2, 0.25) is 0 Å². The van der Waals surface area contributed by atoms with Gasteiger partial charge in [0.05, 0.1) is 0 Å². The van der Waals surface area contributed by atoms with Crippen molar-refractivity contribution in [1.29, 1.82) is 0 Å². The van der Waals surface area contributed by atoms with Crippen LogP contribution in [0, 0.1) is 0 Å². The summed E-state index contributed by atoms with van der Waals surface area (Å²) >= 11 is 1.72. The van der Waals surface area contributed by atoms with Crippen LogP contribution < -0.4 is 0 Å². The molecule has 0 fully saturated rings. The van der Waals surface area contributed by atoms with Gasteiger partial charge in [-0.3, -0.25) is 4.79 Å². The third-order valence-electron chi connectivity index (χ3n) is 2.22. The first-order valence-corrected chi connectivity index (χ1v) is 6.22. The molecule has 4 heteroatoms. The summed E-state index contributed by atoms with van der Waals surface area (Å²) < 4.78 is 0. The second-order valence-corrected chi connectivity index (χ2v) is 4.90. The van der Waals surface area contributed by atoms with Crippen LogP contribution in [0.4, 0.5) is 0 Å². The summed E-state index contributed by atoms with van der Waals surface area (Å²) in [6.45, 7) is 5.10. The Bertz CT molecular complexity index is 189.